The number of hydrogen-bond donors (Lipinski definition) is 2. The minimum absolute atomic E-state index is 0.109. The molecule has 0 saturated heterocycles. The predicted octanol–water partition coefficient (Wildman–Crippen LogP) is 2.74. The zero-order chi connectivity index (χ0) is 14.8. The molecule has 0 aliphatic heterocycles. The fourth-order valence-corrected chi connectivity index (χ4v) is 1.80. The molecule has 0 saturated carbocycles. The van der Waals surface area contributed by atoms with E-state index in [1.165, 1.54) is 32.9 Å². The molecule has 1 aromatic carbocycles. The van der Waals surface area contributed by atoms with Crippen LogP contribution in [0.1, 0.15) is 30.5 Å². The molecule has 0 fully saturated rings. The summed E-state index contributed by atoms with van der Waals surface area (Å²) in [5.41, 5.74) is -1.16. The van der Waals surface area contributed by atoms with Crippen LogP contribution in [0, 0.1) is 12.3 Å². The third kappa shape index (κ3) is 2.72. The number of carbonyl (C=O) groups is 1. The predicted molar refractivity (Wildman–Crippen MR) is 65.9 cm³/mol. The molecule has 19 heavy (non-hydrogen) atoms. The molecular formula is C13H15F2NO3. The average Bonchev–Trinajstić information content (AvgIpc) is 2.31. The Bertz CT molecular complexity index is 527. The fourth-order valence-electron chi connectivity index (χ4n) is 1.80. The van der Waals surface area contributed by atoms with Crippen LogP contribution in [-0.4, -0.2) is 23.4 Å². The summed E-state index contributed by atoms with van der Waals surface area (Å²) < 4.78 is 32.6. The number of alkyl halides is 2. The van der Waals surface area contributed by atoms with Crippen molar-refractivity contribution in [1.29, 1.82) is 5.41 Å². The van der Waals surface area contributed by atoms with E-state index >= 15 is 0 Å². The van der Waals surface area contributed by atoms with E-state index in [2.05, 4.69) is 4.74 Å². The van der Waals surface area contributed by atoms with Crippen molar-refractivity contribution in [2.24, 2.45) is 0 Å². The normalized spacial score (nSPS) is 11.2. The molecule has 104 valence electrons. The quantitative estimate of drug-likeness (QED) is 0.653. The second-order valence-electron chi connectivity index (χ2n) is 4.07. The van der Waals surface area contributed by atoms with Gasteiger partial charge in [0.1, 0.15) is 5.75 Å². The van der Waals surface area contributed by atoms with Crippen LogP contribution in [0.15, 0.2) is 12.1 Å². The molecule has 0 spiro atoms. The number of rotatable bonds is 4. The topological polar surface area (TPSA) is 70.4 Å². The third-order valence-corrected chi connectivity index (χ3v) is 2.61. The van der Waals surface area contributed by atoms with Crippen LogP contribution < -0.4 is 0 Å². The Kier molecular flexibility index (Phi) is 4.24. The van der Waals surface area contributed by atoms with Gasteiger partial charge in [0.15, 0.2) is 0 Å². The lowest BCUT2D eigenvalue weighted by Crippen LogP contribution is -2.31. The summed E-state index contributed by atoms with van der Waals surface area (Å²) in [5.74, 6) is -6.06. The fraction of sp³-hybridized carbons (Fsp3) is 0.385. The molecule has 1 rings (SSSR count). The van der Waals surface area contributed by atoms with Crippen LogP contribution in [0.4, 0.5) is 8.78 Å². The van der Waals surface area contributed by atoms with E-state index in [0.29, 0.717) is 0 Å². The van der Waals surface area contributed by atoms with Gasteiger partial charge in [-0.15, -0.1) is 0 Å². The summed E-state index contributed by atoms with van der Waals surface area (Å²) >= 11 is 0. The molecule has 4 nitrogen and oxygen atoms in total. The molecule has 6 heteroatoms. The molecule has 0 unspecified atom stereocenters. The molecule has 0 aliphatic carbocycles. The van der Waals surface area contributed by atoms with Crippen molar-refractivity contribution < 1.29 is 23.4 Å². The van der Waals surface area contributed by atoms with Gasteiger partial charge >= 0.3 is 11.9 Å². The van der Waals surface area contributed by atoms with Crippen LogP contribution >= 0.6 is 0 Å². The molecule has 0 aliphatic rings. The summed E-state index contributed by atoms with van der Waals surface area (Å²) in [6.07, 6.45) is 0. The number of aryl methyl sites for hydroxylation is 1. The van der Waals surface area contributed by atoms with Gasteiger partial charge < -0.3 is 15.3 Å². The zero-order valence-electron chi connectivity index (χ0n) is 10.9. The molecule has 0 amide bonds. The Hall–Kier alpha value is -1.98. The Labute approximate surface area is 109 Å². The minimum atomic E-state index is -3.91. The second kappa shape index (κ2) is 5.34. The van der Waals surface area contributed by atoms with E-state index < -0.39 is 23.2 Å². The Morgan fingerprint density at radius 2 is 2.05 bits per heavy atom. The Balaban J connectivity index is 3.53. The van der Waals surface area contributed by atoms with E-state index in [0.717, 1.165) is 0 Å². The molecule has 2 N–H and O–H groups in total. The number of benzene rings is 1. The first kappa shape index (κ1) is 15.1. The van der Waals surface area contributed by atoms with Gasteiger partial charge in [0.05, 0.1) is 6.61 Å². The van der Waals surface area contributed by atoms with Gasteiger partial charge in [-0.2, -0.15) is 8.78 Å². The van der Waals surface area contributed by atoms with Crippen molar-refractivity contribution in [3.05, 3.63) is 28.8 Å². The molecule has 0 atom stereocenters. The maximum absolute atomic E-state index is 14.1. The van der Waals surface area contributed by atoms with Crippen molar-refractivity contribution in [3.63, 3.8) is 0 Å². The van der Waals surface area contributed by atoms with Gasteiger partial charge in [-0.3, -0.25) is 0 Å². The van der Waals surface area contributed by atoms with E-state index in [1.54, 1.807) is 0 Å². The lowest BCUT2D eigenvalue weighted by atomic mass is 9.93. The second-order valence-corrected chi connectivity index (χ2v) is 4.07. The summed E-state index contributed by atoms with van der Waals surface area (Å²) in [6, 6.07) is 2.48. The number of hydrogen-bond acceptors (Lipinski definition) is 4. The summed E-state index contributed by atoms with van der Waals surface area (Å²) in [5, 5.41) is 17.1. The van der Waals surface area contributed by atoms with Gasteiger partial charge in [-0.05, 0) is 32.4 Å². The van der Waals surface area contributed by atoms with Crippen LogP contribution in [0.2, 0.25) is 0 Å². The van der Waals surface area contributed by atoms with E-state index in [9.17, 15) is 18.7 Å². The number of phenols is 1. The first-order chi connectivity index (χ1) is 8.73. The third-order valence-electron chi connectivity index (χ3n) is 2.61. The number of halogens is 2. The summed E-state index contributed by atoms with van der Waals surface area (Å²) in [4.78, 5) is 11.4. The molecule has 1 aromatic rings. The first-order valence-electron chi connectivity index (χ1n) is 5.67. The summed E-state index contributed by atoms with van der Waals surface area (Å²) in [7, 11) is 0. The van der Waals surface area contributed by atoms with Gasteiger partial charge in [0, 0.05) is 16.8 Å². The van der Waals surface area contributed by atoms with Crippen LogP contribution in [0.3, 0.4) is 0 Å². The zero-order valence-corrected chi connectivity index (χ0v) is 10.9. The number of phenolic OH excluding ortho intramolecular Hbond substituents is 1. The molecule has 0 heterocycles. The maximum Gasteiger partial charge on any atom is 0.382 e. The van der Waals surface area contributed by atoms with Crippen LogP contribution in [0.5, 0.6) is 5.75 Å². The Morgan fingerprint density at radius 3 is 2.53 bits per heavy atom. The highest BCUT2D eigenvalue weighted by molar-refractivity contribution is 6.02. The van der Waals surface area contributed by atoms with Crippen molar-refractivity contribution in [3.8, 4) is 5.75 Å². The van der Waals surface area contributed by atoms with Crippen LogP contribution in [0.25, 0.3) is 0 Å². The lowest BCUT2D eigenvalue weighted by Gasteiger charge is -2.21. The van der Waals surface area contributed by atoms with E-state index in [-0.39, 0.29) is 23.4 Å². The first-order valence-corrected chi connectivity index (χ1v) is 5.67. The van der Waals surface area contributed by atoms with Gasteiger partial charge in [0.25, 0.3) is 0 Å². The Morgan fingerprint density at radius 1 is 1.47 bits per heavy atom. The number of nitrogens with one attached hydrogen (secondary N) is 1. The molecular weight excluding hydrogens is 256 g/mol. The smallest absolute Gasteiger partial charge is 0.382 e. The van der Waals surface area contributed by atoms with Gasteiger partial charge in [-0.25, -0.2) is 4.79 Å². The number of ether oxygens (including phenoxy) is 1. The average molecular weight is 271 g/mol. The van der Waals surface area contributed by atoms with Gasteiger partial charge in [0.2, 0.25) is 0 Å². The summed E-state index contributed by atoms with van der Waals surface area (Å²) in [6.45, 7) is 3.89. The van der Waals surface area contributed by atoms with Crippen LogP contribution in [-0.2, 0) is 15.5 Å². The largest absolute Gasteiger partial charge is 0.507 e. The van der Waals surface area contributed by atoms with E-state index in [4.69, 9.17) is 5.41 Å². The molecule has 0 aromatic heterocycles. The molecule has 0 bridgehead atoms. The highest BCUT2D eigenvalue weighted by Gasteiger charge is 2.46. The van der Waals surface area contributed by atoms with E-state index in [1.807, 2.05) is 0 Å². The maximum atomic E-state index is 14.1. The number of aromatic hydroxyl groups is 1. The lowest BCUT2D eigenvalue weighted by molar-refractivity contribution is -0.173. The van der Waals surface area contributed by atoms with Crippen molar-refractivity contribution in [2.45, 2.75) is 26.7 Å². The highest BCUT2D eigenvalue weighted by Crippen LogP contribution is 2.38. The highest BCUT2D eigenvalue weighted by atomic mass is 19.3. The van der Waals surface area contributed by atoms with Crippen molar-refractivity contribution in [1.82, 2.24) is 0 Å². The number of esters is 1. The van der Waals surface area contributed by atoms with Gasteiger partial charge in [-0.1, -0.05) is 6.07 Å². The minimum Gasteiger partial charge on any atom is -0.507 e. The SMILES string of the molecule is CCOC(=O)C(F)(F)c1c(C)ccc(O)c1C(C)=N. The monoisotopic (exact) mass is 271 g/mol. The standard InChI is InChI=1S/C13H15F2NO3/c1-4-19-12(18)13(14,15)11-7(2)5-6-9(17)10(11)8(3)16/h5-6,16-17H,4H2,1-3H3. The number of carbonyl (C=O) groups excluding carboxylic acids is 1. The van der Waals surface area contributed by atoms with Crippen molar-refractivity contribution in [2.75, 3.05) is 6.61 Å². The van der Waals surface area contributed by atoms with Crippen molar-refractivity contribution >= 4 is 11.7 Å². The molecule has 0 radical (unpaired) electrons.